The fraction of sp³-hybridized carbons (Fsp3) is 0.111. The fourth-order valence-electron chi connectivity index (χ4n) is 3.81. The number of nitrogens with one attached hydrogen (secondary N) is 1. The van der Waals surface area contributed by atoms with E-state index in [1.807, 2.05) is 54.7 Å². The van der Waals surface area contributed by atoms with Gasteiger partial charge in [0.15, 0.2) is 15.6 Å². The summed E-state index contributed by atoms with van der Waals surface area (Å²) in [5.74, 6) is 1.05. The maximum atomic E-state index is 12.3. The quantitative estimate of drug-likeness (QED) is 0.297. The number of para-hydroxylation sites is 1. The summed E-state index contributed by atoms with van der Waals surface area (Å²) in [4.78, 5) is 9.08. The van der Waals surface area contributed by atoms with Crippen LogP contribution in [0.15, 0.2) is 94.5 Å². The number of rotatable bonds is 7. The predicted octanol–water partition coefficient (Wildman–Crippen LogP) is 6.10. The van der Waals surface area contributed by atoms with Gasteiger partial charge in [0.25, 0.3) is 6.01 Å². The number of fused-ring (bicyclic) bond motifs is 1. The first-order valence-electron chi connectivity index (χ1n) is 11.1. The summed E-state index contributed by atoms with van der Waals surface area (Å²) in [6.45, 7) is 1.61. The molecule has 0 saturated carbocycles. The smallest absolute Gasteiger partial charge is 0.299 e. The van der Waals surface area contributed by atoms with Crippen LogP contribution in [-0.4, -0.2) is 31.2 Å². The van der Waals surface area contributed by atoms with Gasteiger partial charge in [0.1, 0.15) is 5.75 Å². The summed E-state index contributed by atoms with van der Waals surface area (Å²) in [6.07, 6.45) is 3.48. The average molecular weight is 486 g/mol. The summed E-state index contributed by atoms with van der Waals surface area (Å²) in [6, 6.07) is 22.9. The third-order valence-electron chi connectivity index (χ3n) is 5.73. The lowest BCUT2D eigenvalue weighted by Crippen LogP contribution is -2.05. The van der Waals surface area contributed by atoms with Crippen LogP contribution >= 0.6 is 0 Å². The van der Waals surface area contributed by atoms with Crippen molar-refractivity contribution in [1.82, 2.24) is 9.97 Å². The molecule has 2 aromatic heterocycles. The van der Waals surface area contributed by atoms with Crippen molar-refractivity contribution in [2.24, 2.45) is 0 Å². The van der Waals surface area contributed by atoms with Crippen LogP contribution in [0.4, 0.5) is 11.7 Å². The summed E-state index contributed by atoms with van der Waals surface area (Å²) in [5.41, 5.74) is 4.26. The zero-order valence-corrected chi connectivity index (χ0v) is 20.0. The molecule has 0 spiro atoms. The van der Waals surface area contributed by atoms with Gasteiger partial charge in [-0.3, -0.25) is 4.98 Å². The second-order valence-corrected chi connectivity index (χ2v) is 10.2. The van der Waals surface area contributed by atoms with Gasteiger partial charge in [-0.05, 0) is 42.0 Å². The molecule has 2 heterocycles. The minimum Gasteiger partial charge on any atom is -0.495 e. The molecule has 0 aliphatic carbocycles. The normalized spacial score (nSPS) is 11.5. The van der Waals surface area contributed by atoms with E-state index in [1.54, 1.807) is 19.2 Å². The highest BCUT2D eigenvalue weighted by atomic mass is 32.2. The first kappa shape index (κ1) is 22.6. The highest BCUT2D eigenvalue weighted by molar-refractivity contribution is 7.91. The minimum absolute atomic E-state index is 0.00495. The Morgan fingerprint density at radius 3 is 2.54 bits per heavy atom. The van der Waals surface area contributed by atoms with E-state index in [-0.39, 0.29) is 16.7 Å². The number of hydrogen-bond donors (Lipinski definition) is 1. The molecule has 0 amide bonds. The van der Waals surface area contributed by atoms with Crippen molar-refractivity contribution in [1.29, 1.82) is 0 Å². The molecule has 0 saturated heterocycles. The van der Waals surface area contributed by atoms with Gasteiger partial charge in [-0.1, -0.05) is 43.3 Å². The van der Waals surface area contributed by atoms with E-state index < -0.39 is 9.84 Å². The SMILES string of the molecule is CCS(=O)(=O)c1ccc(OC)c(Nc2ncc(-c3cccc(-c4cnc5ccccc5c4)c3)o2)c1. The second kappa shape index (κ2) is 9.23. The number of oxazole rings is 1. The maximum absolute atomic E-state index is 12.3. The molecule has 0 aliphatic heterocycles. The largest absolute Gasteiger partial charge is 0.495 e. The van der Waals surface area contributed by atoms with Crippen molar-refractivity contribution < 1.29 is 17.6 Å². The second-order valence-electron chi connectivity index (χ2n) is 7.92. The zero-order chi connectivity index (χ0) is 24.4. The molecule has 176 valence electrons. The van der Waals surface area contributed by atoms with Gasteiger partial charge < -0.3 is 14.5 Å². The summed E-state index contributed by atoms with van der Waals surface area (Å²) >= 11 is 0. The lowest BCUT2D eigenvalue weighted by Gasteiger charge is -2.11. The molecule has 8 heteroatoms. The van der Waals surface area contributed by atoms with Crippen LogP contribution in [-0.2, 0) is 9.84 Å². The van der Waals surface area contributed by atoms with Crippen LogP contribution in [0.3, 0.4) is 0 Å². The van der Waals surface area contributed by atoms with Crippen LogP contribution in [0.5, 0.6) is 5.75 Å². The summed E-state index contributed by atoms with van der Waals surface area (Å²) in [7, 11) is -1.86. The lowest BCUT2D eigenvalue weighted by molar-refractivity contribution is 0.416. The Labute approximate surface area is 203 Å². The Morgan fingerprint density at radius 2 is 1.71 bits per heavy atom. The van der Waals surface area contributed by atoms with Gasteiger partial charge in [0.05, 0.1) is 35.2 Å². The molecule has 0 radical (unpaired) electrons. The van der Waals surface area contributed by atoms with Gasteiger partial charge in [0.2, 0.25) is 0 Å². The minimum atomic E-state index is -3.37. The molecular weight excluding hydrogens is 462 g/mol. The zero-order valence-electron chi connectivity index (χ0n) is 19.2. The van der Waals surface area contributed by atoms with Gasteiger partial charge in [-0.15, -0.1) is 0 Å². The number of hydrogen-bond acceptors (Lipinski definition) is 7. The van der Waals surface area contributed by atoms with Crippen molar-refractivity contribution in [2.75, 3.05) is 18.2 Å². The number of pyridine rings is 1. The molecule has 0 fully saturated rings. The van der Waals surface area contributed by atoms with Crippen molar-refractivity contribution >= 4 is 32.4 Å². The standard InChI is InChI=1S/C27H23N3O4S/c1-3-35(31,32)22-11-12-25(33-2)24(15-22)30-27-29-17-26(34-27)20-9-6-8-18(13-20)21-14-19-7-4-5-10-23(19)28-16-21/h4-17H,3H2,1-2H3,(H,29,30). The van der Waals surface area contributed by atoms with Gasteiger partial charge in [0, 0.05) is 22.7 Å². The fourth-order valence-corrected chi connectivity index (χ4v) is 4.71. The Hall–Kier alpha value is -4.17. The van der Waals surface area contributed by atoms with Crippen LogP contribution < -0.4 is 10.1 Å². The molecule has 35 heavy (non-hydrogen) atoms. The third kappa shape index (κ3) is 4.61. The Kier molecular flexibility index (Phi) is 5.96. The first-order chi connectivity index (χ1) is 17.0. The molecule has 5 aromatic rings. The number of anilines is 2. The molecule has 0 bridgehead atoms. The Bertz CT molecular complexity index is 1630. The molecule has 0 unspecified atom stereocenters. The molecular formula is C27H23N3O4S. The number of sulfone groups is 1. The number of nitrogens with zero attached hydrogens (tertiary/aromatic N) is 2. The number of aromatic nitrogens is 2. The van der Waals surface area contributed by atoms with Crippen LogP contribution in [0.25, 0.3) is 33.4 Å². The van der Waals surface area contributed by atoms with Gasteiger partial charge in [-0.25, -0.2) is 13.4 Å². The van der Waals surface area contributed by atoms with Crippen LogP contribution in [0.2, 0.25) is 0 Å². The number of benzene rings is 3. The van der Waals surface area contributed by atoms with E-state index >= 15 is 0 Å². The van der Waals surface area contributed by atoms with Gasteiger partial charge >= 0.3 is 0 Å². The van der Waals surface area contributed by atoms with Crippen molar-refractivity contribution in [3.05, 3.63) is 85.2 Å². The van der Waals surface area contributed by atoms with E-state index in [4.69, 9.17) is 9.15 Å². The summed E-state index contributed by atoms with van der Waals surface area (Å²) < 4.78 is 35.9. The molecule has 1 N–H and O–H groups in total. The number of ether oxygens (including phenoxy) is 1. The van der Waals surface area contributed by atoms with Crippen molar-refractivity contribution in [2.45, 2.75) is 11.8 Å². The Balaban J connectivity index is 1.44. The van der Waals surface area contributed by atoms with E-state index in [1.165, 1.54) is 19.2 Å². The molecule has 7 nitrogen and oxygen atoms in total. The molecule has 3 aromatic carbocycles. The molecule has 0 atom stereocenters. The van der Waals surface area contributed by atoms with Crippen molar-refractivity contribution in [3.8, 4) is 28.2 Å². The monoisotopic (exact) mass is 485 g/mol. The lowest BCUT2D eigenvalue weighted by atomic mass is 10.0. The van der Waals surface area contributed by atoms with Crippen LogP contribution in [0.1, 0.15) is 6.92 Å². The first-order valence-corrected chi connectivity index (χ1v) is 12.7. The highest BCUT2D eigenvalue weighted by Crippen LogP contribution is 2.33. The maximum Gasteiger partial charge on any atom is 0.299 e. The topological polar surface area (TPSA) is 94.3 Å². The van der Waals surface area contributed by atoms with E-state index in [0.29, 0.717) is 17.2 Å². The molecule has 0 aliphatic rings. The van der Waals surface area contributed by atoms with Crippen LogP contribution in [0, 0.1) is 0 Å². The molecule has 5 rings (SSSR count). The predicted molar refractivity (Wildman–Crippen MR) is 137 cm³/mol. The average Bonchev–Trinajstić information content (AvgIpc) is 3.37. The number of methoxy groups -OCH3 is 1. The highest BCUT2D eigenvalue weighted by Gasteiger charge is 2.16. The van der Waals surface area contributed by atoms with Crippen molar-refractivity contribution in [3.63, 3.8) is 0 Å². The Morgan fingerprint density at radius 1 is 0.886 bits per heavy atom. The van der Waals surface area contributed by atoms with E-state index in [9.17, 15) is 8.42 Å². The summed E-state index contributed by atoms with van der Waals surface area (Å²) in [5, 5.41) is 4.11. The van der Waals surface area contributed by atoms with E-state index in [0.717, 1.165) is 27.6 Å². The van der Waals surface area contributed by atoms with Gasteiger partial charge in [-0.2, -0.15) is 0 Å². The van der Waals surface area contributed by atoms with E-state index in [2.05, 4.69) is 21.4 Å². The third-order valence-corrected chi connectivity index (χ3v) is 7.46.